The Morgan fingerprint density at radius 2 is 1.91 bits per heavy atom. The van der Waals surface area contributed by atoms with Crippen LogP contribution in [0.1, 0.15) is 39.5 Å². The summed E-state index contributed by atoms with van der Waals surface area (Å²) >= 11 is 0. The van der Waals surface area contributed by atoms with Crippen molar-refractivity contribution < 1.29 is 5.11 Å². The smallest absolute Gasteiger partial charge is 0.0620 e. The Balaban J connectivity index is 2.42. The van der Waals surface area contributed by atoms with Gasteiger partial charge in [0.2, 0.25) is 0 Å². The first-order valence-electron chi connectivity index (χ1n) is 4.39. The molecule has 0 aromatic heterocycles. The summed E-state index contributed by atoms with van der Waals surface area (Å²) in [7, 11) is 0. The van der Waals surface area contributed by atoms with E-state index in [1.807, 2.05) is 6.92 Å². The monoisotopic (exact) mass is 154 g/mol. The van der Waals surface area contributed by atoms with Crippen molar-refractivity contribution in [3.63, 3.8) is 0 Å². The molecule has 0 radical (unpaired) electrons. The molecule has 0 aliphatic heterocycles. The van der Waals surface area contributed by atoms with E-state index in [9.17, 15) is 5.11 Å². The predicted molar refractivity (Wildman–Crippen MR) is 47.4 cm³/mol. The molecule has 1 N–H and O–H groups in total. The molecule has 0 aromatic carbocycles. The van der Waals surface area contributed by atoms with Crippen LogP contribution in [0.3, 0.4) is 0 Å². The van der Waals surface area contributed by atoms with Crippen LogP contribution in [0, 0.1) is 5.92 Å². The van der Waals surface area contributed by atoms with E-state index in [2.05, 4.69) is 13.5 Å². The first-order valence-corrected chi connectivity index (χ1v) is 4.39. The van der Waals surface area contributed by atoms with E-state index in [4.69, 9.17) is 0 Å². The minimum Gasteiger partial charge on any atom is -0.390 e. The van der Waals surface area contributed by atoms with Crippen LogP contribution < -0.4 is 0 Å². The molecule has 0 atom stereocenters. The van der Waals surface area contributed by atoms with Crippen molar-refractivity contribution in [1.82, 2.24) is 0 Å². The fourth-order valence-electron chi connectivity index (χ4n) is 1.73. The Hall–Kier alpha value is -0.300. The molecule has 0 heterocycles. The van der Waals surface area contributed by atoms with Gasteiger partial charge < -0.3 is 5.11 Å². The third-order valence-electron chi connectivity index (χ3n) is 2.76. The van der Waals surface area contributed by atoms with Gasteiger partial charge in [0, 0.05) is 0 Å². The Morgan fingerprint density at radius 3 is 2.27 bits per heavy atom. The molecule has 1 aliphatic rings. The van der Waals surface area contributed by atoms with Gasteiger partial charge in [-0.2, -0.15) is 0 Å². The zero-order chi connectivity index (χ0) is 8.48. The quantitative estimate of drug-likeness (QED) is 0.575. The Bertz CT molecular complexity index is 148. The number of hydrogen-bond donors (Lipinski definition) is 1. The van der Waals surface area contributed by atoms with Crippen LogP contribution in [0.25, 0.3) is 0 Å². The van der Waals surface area contributed by atoms with E-state index in [1.54, 1.807) is 0 Å². The maximum Gasteiger partial charge on any atom is 0.0620 e. The van der Waals surface area contributed by atoms with Gasteiger partial charge >= 0.3 is 0 Å². The minimum atomic E-state index is -0.397. The highest BCUT2D eigenvalue weighted by Crippen LogP contribution is 2.34. The van der Waals surface area contributed by atoms with Crippen molar-refractivity contribution in [1.29, 1.82) is 0 Å². The van der Waals surface area contributed by atoms with Gasteiger partial charge in [0.25, 0.3) is 0 Å². The predicted octanol–water partition coefficient (Wildman–Crippen LogP) is 2.50. The lowest BCUT2D eigenvalue weighted by atomic mass is 9.77. The summed E-state index contributed by atoms with van der Waals surface area (Å²) in [6.45, 7) is 7.97. The van der Waals surface area contributed by atoms with E-state index in [0.29, 0.717) is 5.92 Å². The summed E-state index contributed by atoms with van der Waals surface area (Å²) in [6, 6.07) is 0. The van der Waals surface area contributed by atoms with Crippen LogP contribution in [0.2, 0.25) is 0 Å². The van der Waals surface area contributed by atoms with Crippen LogP contribution in [0.15, 0.2) is 12.2 Å². The fraction of sp³-hybridized carbons (Fsp3) is 0.800. The van der Waals surface area contributed by atoms with Crippen molar-refractivity contribution in [2.45, 2.75) is 45.1 Å². The van der Waals surface area contributed by atoms with Crippen LogP contribution >= 0.6 is 0 Å². The minimum absolute atomic E-state index is 0.397. The lowest BCUT2D eigenvalue weighted by molar-refractivity contribution is 0.0126. The third-order valence-corrected chi connectivity index (χ3v) is 2.76. The maximum absolute atomic E-state index is 9.64. The average Bonchev–Trinajstić information content (AvgIpc) is 1.86. The number of rotatable bonds is 1. The highest BCUT2D eigenvalue weighted by Gasteiger charge is 2.28. The molecule has 1 saturated carbocycles. The van der Waals surface area contributed by atoms with Crippen molar-refractivity contribution in [2.75, 3.05) is 0 Å². The van der Waals surface area contributed by atoms with Gasteiger partial charge in [-0.25, -0.2) is 0 Å². The molecule has 0 bridgehead atoms. The topological polar surface area (TPSA) is 20.2 Å². The summed E-state index contributed by atoms with van der Waals surface area (Å²) in [6.07, 6.45) is 4.10. The van der Waals surface area contributed by atoms with Crippen LogP contribution in [-0.2, 0) is 0 Å². The van der Waals surface area contributed by atoms with Crippen molar-refractivity contribution >= 4 is 0 Å². The molecule has 1 rings (SSSR count). The first kappa shape index (κ1) is 8.79. The molecular weight excluding hydrogens is 136 g/mol. The molecule has 0 amide bonds. The lowest BCUT2D eigenvalue weighted by Crippen LogP contribution is -2.30. The molecule has 1 nitrogen and oxygen atoms in total. The molecule has 11 heavy (non-hydrogen) atoms. The molecular formula is C10H18O. The highest BCUT2D eigenvalue weighted by molar-refractivity contribution is 4.99. The molecule has 0 saturated heterocycles. The summed E-state index contributed by atoms with van der Waals surface area (Å²) in [5, 5.41) is 9.64. The molecule has 1 heteroatoms. The number of hydrogen-bond acceptors (Lipinski definition) is 1. The number of aliphatic hydroxyl groups is 1. The van der Waals surface area contributed by atoms with E-state index in [-0.39, 0.29) is 0 Å². The van der Waals surface area contributed by atoms with Crippen molar-refractivity contribution in [3.8, 4) is 0 Å². The van der Waals surface area contributed by atoms with Gasteiger partial charge in [-0.05, 0) is 45.4 Å². The Labute approximate surface area is 69.1 Å². The van der Waals surface area contributed by atoms with E-state index < -0.39 is 5.60 Å². The Morgan fingerprint density at radius 1 is 1.45 bits per heavy atom. The highest BCUT2D eigenvalue weighted by atomic mass is 16.3. The third kappa shape index (κ3) is 2.33. The van der Waals surface area contributed by atoms with Gasteiger partial charge in [-0.3, -0.25) is 0 Å². The average molecular weight is 154 g/mol. The van der Waals surface area contributed by atoms with E-state index in [1.165, 1.54) is 5.57 Å². The van der Waals surface area contributed by atoms with Gasteiger partial charge in [-0.15, -0.1) is 0 Å². The van der Waals surface area contributed by atoms with E-state index in [0.717, 1.165) is 25.7 Å². The van der Waals surface area contributed by atoms with Gasteiger partial charge in [0.05, 0.1) is 5.60 Å². The van der Waals surface area contributed by atoms with Gasteiger partial charge in [0.1, 0.15) is 0 Å². The largest absolute Gasteiger partial charge is 0.390 e. The van der Waals surface area contributed by atoms with Crippen molar-refractivity contribution in [2.24, 2.45) is 5.92 Å². The Kier molecular flexibility index (Phi) is 2.38. The summed E-state index contributed by atoms with van der Waals surface area (Å²) < 4.78 is 0. The standard InChI is InChI=1S/C10H18O/c1-8(2)9-4-6-10(3,11)7-5-9/h9,11H,1,4-7H2,2-3H3/t9-,10+. The lowest BCUT2D eigenvalue weighted by Gasteiger charge is -2.33. The molecule has 1 fully saturated rings. The zero-order valence-electron chi connectivity index (χ0n) is 7.56. The van der Waals surface area contributed by atoms with Gasteiger partial charge in [0.15, 0.2) is 0 Å². The SMILES string of the molecule is C=C(C)[C@H]1CC[C@@](C)(O)CC1. The van der Waals surface area contributed by atoms with Crippen molar-refractivity contribution in [3.05, 3.63) is 12.2 Å². The fourth-order valence-corrected chi connectivity index (χ4v) is 1.73. The normalized spacial score (nSPS) is 38.6. The van der Waals surface area contributed by atoms with E-state index >= 15 is 0 Å². The summed E-state index contributed by atoms with van der Waals surface area (Å²) in [5.41, 5.74) is 0.881. The first-order chi connectivity index (χ1) is 5.01. The molecule has 64 valence electrons. The second-order valence-corrected chi connectivity index (χ2v) is 4.12. The molecule has 0 aromatic rings. The van der Waals surface area contributed by atoms with Crippen LogP contribution in [-0.4, -0.2) is 10.7 Å². The summed E-state index contributed by atoms with van der Waals surface area (Å²) in [5.74, 6) is 0.662. The second kappa shape index (κ2) is 2.98. The molecule has 1 aliphatic carbocycles. The summed E-state index contributed by atoms with van der Waals surface area (Å²) in [4.78, 5) is 0. The van der Waals surface area contributed by atoms with Gasteiger partial charge in [-0.1, -0.05) is 12.2 Å². The van der Waals surface area contributed by atoms with Crippen LogP contribution in [0.5, 0.6) is 0 Å². The molecule has 0 spiro atoms. The maximum atomic E-state index is 9.64. The zero-order valence-corrected chi connectivity index (χ0v) is 7.56. The van der Waals surface area contributed by atoms with Crippen LogP contribution in [0.4, 0.5) is 0 Å². The molecule has 0 unspecified atom stereocenters. The second-order valence-electron chi connectivity index (χ2n) is 4.12. The number of allylic oxidation sites excluding steroid dienone is 1.